The number of hydrogen-bond donors (Lipinski definition) is 2. The summed E-state index contributed by atoms with van der Waals surface area (Å²) >= 11 is 0. The van der Waals surface area contributed by atoms with Gasteiger partial charge in [-0.1, -0.05) is 27.7 Å². The molecule has 0 amide bonds. The molecule has 0 radical (unpaired) electrons. The lowest BCUT2D eigenvalue weighted by atomic mass is 9.95. The minimum absolute atomic E-state index is 0.156. The first-order valence-electron chi connectivity index (χ1n) is 13.0. The van der Waals surface area contributed by atoms with Gasteiger partial charge in [-0.3, -0.25) is 19.7 Å². The minimum atomic E-state index is -1.89. The smallest absolute Gasteiger partial charge is 0.322 e. The summed E-state index contributed by atoms with van der Waals surface area (Å²) in [6.07, 6.45) is -2.45. The maximum atomic E-state index is 12.8. The highest BCUT2D eigenvalue weighted by Crippen LogP contribution is 2.44. The molecule has 40 heavy (non-hydrogen) atoms. The summed E-state index contributed by atoms with van der Waals surface area (Å²) < 4.78 is 30.0. The fourth-order valence-corrected chi connectivity index (χ4v) is 3.99. The Morgan fingerprint density at radius 1 is 1.15 bits per heavy atom. The van der Waals surface area contributed by atoms with E-state index in [1.165, 1.54) is 10.8 Å². The Kier molecular flexibility index (Phi) is 10.0. The number of aromatic nitrogens is 3. The zero-order valence-corrected chi connectivity index (χ0v) is 23.4. The highest BCUT2D eigenvalue weighted by atomic mass is 16.7. The van der Waals surface area contributed by atoms with Crippen LogP contribution in [-0.4, -0.2) is 76.3 Å². The number of hydrogen-bond acceptors (Lipinski definition) is 13. The second-order valence-electron chi connectivity index (χ2n) is 9.98. The number of nitrogens with two attached hydrogens (primary N) is 1. The average Bonchev–Trinajstić information content (AvgIpc) is 3.47. The second kappa shape index (κ2) is 13.0. The molecule has 0 aliphatic carbocycles. The van der Waals surface area contributed by atoms with Crippen LogP contribution in [0.2, 0.25) is 0 Å². The van der Waals surface area contributed by atoms with Gasteiger partial charge in [0.05, 0.1) is 37.5 Å². The van der Waals surface area contributed by atoms with E-state index in [2.05, 4.69) is 21.5 Å². The summed E-state index contributed by atoms with van der Waals surface area (Å²) in [6, 6.07) is 4.72. The van der Waals surface area contributed by atoms with Crippen LogP contribution in [0, 0.1) is 23.2 Å². The maximum Gasteiger partial charge on any atom is 0.322 e. The molecule has 3 rings (SSSR count). The number of nitrogen functional groups attached to an aromatic ring is 1. The summed E-state index contributed by atoms with van der Waals surface area (Å²) in [4.78, 5) is 41.5. The molecular weight excluding hydrogens is 524 g/mol. The Morgan fingerprint density at radius 3 is 2.45 bits per heavy atom. The lowest BCUT2D eigenvalue weighted by Crippen LogP contribution is -2.50. The molecule has 5 atom stereocenters. The van der Waals surface area contributed by atoms with Gasteiger partial charge in [0.1, 0.15) is 30.1 Å². The van der Waals surface area contributed by atoms with Crippen molar-refractivity contribution >= 4 is 29.2 Å². The lowest BCUT2D eigenvalue weighted by Gasteiger charge is -2.29. The first-order chi connectivity index (χ1) is 19.0. The molecule has 1 saturated heterocycles. The van der Waals surface area contributed by atoms with Gasteiger partial charge in [-0.2, -0.15) is 10.4 Å². The summed E-state index contributed by atoms with van der Waals surface area (Å²) in [7, 11) is 0. The third-order valence-electron chi connectivity index (χ3n) is 6.27. The summed E-state index contributed by atoms with van der Waals surface area (Å²) in [5, 5.41) is 17.5. The van der Waals surface area contributed by atoms with Crippen LogP contribution in [0.5, 0.6) is 0 Å². The number of fused-ring (bicyclic) bond motifs is 1. The van der Waals surface area contributed by atoms with Gasteiger partial charge in [0.15, 0.2) is 18.0 Å². The molecule has 2 aromatic heterocycles. The number of nitriles is 1. The number of carbonyl (C=O) groups excluding carboxylic acids is 3. The highest BCUT2D eigenvalue weighted by molar-refractivity contribution is 5.75. The van der Waals surface area contributed by atoms with E-state index in [9.17, 15) is 19.6 Å². The topological polar surface area (TPSA) is 189 Å². The van der Waals surface area contributed by atoms with E-state index in [1.54, 1.807) is 53.7 Å². The Bertz CT molecular complexity index is 1260. The Labute approximate surface area is 232 Å². The van der Waals surface area contributed by atoms with Crippen LogP contribution in [0.1, 0.15) is 53.3 Å². The van der Waals surface area contributed by atoms with E-state index in [0.717, 1.165) is 0 Å². The molecule has 0 aromatic carbocycles. The average molecular weight is 561 g/mol. The van der Waals surface area contributed by atoms with E-state index in [-0.39, 0.29) is 19.2 Å². The molecule has 3 N–H and O–H groups in total. The standard InChI is InChI=1S/C26H36N6O8/c1-7-37-25(35)16(6)30-13-36-11-26(10-27)21(39-24(34)15(4)5)20(38-23(33)14(2)3)19(40-26)17-8-9-18-22(28)29-12-31-32(17)18/h8-9,12,14-16,19-21,30H,7,11,13H2,1-6H3,(H2,28,29,31)/t16-,19-,20-,21-,26+/m0/s1. The van der Waals surface area contributed by atoms with Gasteiger partial charge in [0.25, 0.3) is 0 Å². The first kappa shape index (κ1) is 30.7. The van der Waals surface area contributed by atoms with Crippen molar-refractivity contribution in [1.82, 2.24) is 19.9 Å². The molecule has 2 aromatic rings. The van der Waals surface area contributed by atoms with E-state index in [0.29, 0.717) is 11.2 Å². The molecule has 0 spiro atoms. The molecule has 14 nitrogen and oxygen atoms in total. The predicted octanol–water partition coefficient (Wildman–Crippen LogP) is 1.30. The molecule has 1 aliphatic heterocycles. The van der Waals surface area contributed by atoms with Crippen LogP contribution in [0.3, 0.4) is 0 Å². The van der Waals surface area contributed by atoms with Crippen LogP contribution < -0.4 is 11.1 Å². The monoisotopic (exact) mass is 560 g/mol. The normalized spacial score (nSPS) is 23.2. The van der Waals surface area contributed by atoms with Crippen LogP contribution in [0.15, 0.2) is 18.5 Å². The van der Waals surface area contributed by atoms with Gasteiger partial charge >= 0.3 is 17.9 Å². The molecule has 0 unspecified atom stereocenters. The second-order valence-corrected chi connectivity index (χ2v) is 9.98. The van der Waals surface area contributed by atoms with Gasteiger partial charge in [-0.15, -0.1) is 0 Å². The minimum Gasteiger partial charge on any atom is -0.465 e. The van der Waals surface area contributed by atoms with Crippen LogP contribution in [0.25, 0.3) is 5.52 Å². The van der Waals surface area contributed by atoms with E-state index in [4.69, 9.17) is 29.4 Å². The molecule has 14 heteroatoms. The number of ether oxygens (including phenoxy) is 5. The zero-order chi connectivity index (χ0) is 29.6. The number of anilines is 1. The molecule has 1 fully saturated rings. The van der Waals surface area contributed by atoms with Gasteiger partial charge in [0, 0.05) is 0 Å². The van der Waals surface area contributed by atoms with Crippen molar-refractivity contribution in [3.63, 3.8) is 0 Å². The largest absolute Gasteiger partial charge is 0.465 e. The van der Waals surface area contributed by atoms with Crippen molar-refractivity contribution in [2.24, 2.45) is 11.8 Å². The van der Waals surface area contributed by atoms with Gasteiger partial charge in [0.2, 0.25) is 5.60 Å². The van der Waals surface area contributed by atoms with Crippen molar-refractivity contribution in [2.75, 3.05) is 25.7 Å². The summed E-state index contributed by atoms with van der Waals surface area (Å²) in [5.74, 6) is -2.55. The molecule has 218 valence electrons. The zero-order valence-electron chi connectivity index (χ0n) is 23.4. The van der Waals surface area contributed by atoms with E-state index in [1.807, 2.05) is 0 Å². The quantitative estimate of drug-likeness (QED) is 0.164. The van der Waals surface area contributed by atoms with Gasteiger partial charge < -0.3 is 29.4 Å². The number of carbonyl (C=O) groups is 3. The number of esters is 3. The highest BCUT2D eigenvalue weighted by Gasteiger charge is 2.61. The van der Waals surface area contributed by atoms with Crippen LogP contribution in [-0.2, 0) is 38.1 Å². The molecule has 3 heterocycles. The Balaban J connectivity index is 2.00. The van der Waals surface area contributed by atoms with Crippen molar-refractivity contribution in [1.29, 1.82) is 5.26 Å². The molecule has 0 bridgehead atoms. The lowest BCUT2D eigenvalue weighted by molar-refractivity contribution is -0.174. The summed E-state index contributed by atoms with van der Waals surface area (Å²) in [6.45, 7) is 9.55. The predicted molar refractivity (Wildman–Crippen MR) is 139 cm³/mol. The molecule has 1 aliphatic rings. The van der Waals surface area contributed by atoms with Crippen molar-refractivity contribution in [3.05, 3.63) is 24.2 Å². The third kappa shape index (κ3) is 6.49. The Hall–Kier alpha value is -3.80. The number of nitrogens with one attached hydrogen (secondary N) is 1. The van der Waals surface area contributed by atoms with Crippen molar-refractivity contribution in [2.45, 2.75) is 71.5 Å². The fourth-order valence-electron chi connectivity index (χ4n) is 3.99. The van der Waals surface area contributed by atoms with Crippen LogP contribution >= 0.6 is 0 Å². The summed E-state index contributed by atoms with van der Waals surface area (Å²) in [5.41, 5.74) is 4.96. The Morgan fingerprint density at radius 2 is 1.82 bits per heavy atom. The van der Waals surface area contributed by atoms with Gasteiger partial charge in [-0.05, 0) is 26.0 Å². The third-order valence-corrected chi connectivity index (χ3v) is 6.27. The number of rotatable bonds is 12. The molecule has 0 saturated carbocycles. The van der Waals surface area contributed by atoms with E-state index >= 15 is 0 Å². The molecular formula is C26H36N6O8. The van der Waals surface area contributed by atoms with Crippen molar-refractivity contribution < 1.29 is 38.1 Å². The van der Waals surface area contributed by atoms with E-state index < -0.39 is 66.3 Å². The maximum absolute atomic E-state index is 12.8. The van der Waals surface area contributed by atoms with Crippen molar-refractivity contribution in [3.8, 4) is 6.07 Å². The first-order valence-corrected chi connectivity index (χ1v) is 13.0. The number of nitrogens with zero attached hydrogens (tertiary/aromatic N) is 4. The SMILES string of the molecule is CCOC(=O)[C@H](C)NCOC[C@@]1(C#N)O[C@@H](c2ccc3c(N)ncnn23)[C@H](OC(=O)C(C)C)[C@@H]1OC(=O)C(C)C. The fraction of sp³-hybridized carbons (Fsp3) is 0.615. The van der Waals surface area contributed by atoms with Gasteiger partial charge in [-0.25, -0.2) is 9.50 Å². The van der Waals surface area contributed by atoms with Crippen LogP contribution in [0.4, 0.5) is 5.82 Å².